The van der Waals surface area contributed by atoms with Crippen LogP contribution in [0.3, 0.4) is 0 Å². The van der Waals surface area contributed by atoms with Crippen molar-refractivity contribution in [3.8, 4) is 11.1 Å². The second-order valence-electron chi connectivity index (χ2n) is 6.46. The van der Waals surface area contributed by atoms with Crippen LogP contribution in [-0.4, -0.2) is 21.6 Å². The number of carbonyl (C=O) groups is 2. The smallest absolute Gasteiger partial charge is 0.251 e. The lowest BCUT2D eigenvalue weighted by molar-refractivity contribution is -0.123. The van der Waals surface area contributed by atoms with E-state index in [-0.39, 0.29) is 18.0 Å². The lowest BCUT2D eigenvalue weighted by atomic mass is 10.1. The average Bonchev–Trinajstić information content (AvgIpc) is 3.18. The van der Waals surface area contributed by atoms with Crippen LogP contribution in [0, 0.1) is 12.7 Å². The molecule has 2 aromatic carbocycles. The zero-order valence-corrected chi connectivity index (χ0v) is 14.6. The Morgan fingerprint density at radius 3 is 2.78 bits per heavy atom. The molecule has 27 heavy (non-hydrogen) atoms. The van der Waals surface area contributed by atoms with Crippen LogP contribution in [0.1, 0.15) is 18.0 Å². The zero-order chi connectivity index (χ0) is 19.0. The normalized spacial score (nSPS) is 15.3. The summed E-state index contributed by atoms with van der Waals surface area (Å²) in [6, 6.07) is 13.3. The molecule has 0 saturated heterocycles. The number of amides is 2. The number of hydrogen-bond donors (Lipinski definition) is 2. The minimum absolute atomic E-state index is 0.0923. The van der Waals surface area contributed by atoms with E-state index in [0.29, 0.717) is 5.82 Å². The standard InChI is InChI=1S/C20H17FN4O2/c1-12-7-8-16(15(21)9-12)23-18(26)10-17-20(27)24-19-14(11-22-25(17)19)13-5-3-2-4-6-13/h2-9,11,17H,10H2,1H3,(H,23,26)(H,24,27)/t17-/m0/s1. The van der Waals surface area contributed by atoms with E-state index in [0.717, 1.165) is 16.7 Å². The minimum Gasteiger partial charge on any atom is -0.324 e. The van der Waals surface area contributed by atoms with Crippen molar-refractivity contribution in [3.63, 3.8) is 0 Å². The van der Waals surface area contributed by atoms with Crippen molar-refractivity contribution < 1.29 is 14.0 Å². The molecule has 1 aliphatic heterocycles. The lowest BCUT2D eigenvalue weighted by Gasteiger charge is -2.10. The van der Waals surface area contributed by atoms with E-state index in [1.54, 1.807) is 19.2 Å². The molecule has 0 aliphatic carbocycles. The van der Waals surface area contributed by atoms with E-state index < -0.39 is 17.8 Å². The number of aromatic nitrogens is 2. The van der Waals surface area contributed by atoms with Crippen molar-refractivity contribution in [2.24, 2.45) is 0 Å². The van der Waals surface area contributed by atoms with Crippen LogP contribution in [0.5, 0.6) is 0 Å². The van der Waals surface area contributed by atoms with Crippen molar-refractivity contribution in [1.29, 1.82) is 0 Å². The van der Waals surface area contributed by atoms with Crippen LogP contribution < -0.4 is 10.6 Å². The molecular formula is C20H17FN4O2. The second-order valence-corrected chi connectivity index (χ2v) is 6.46. The van der Waals surface area contributed by atoms with Crippen LogP contribution in [0.15, 0.2) is 54.7 Å². The van der Waals surface area contributed by atoms with Crippen LogP contribution in [0.2, 0.25) is 0 Å². The third-order valence-electron chi connectivity index (χ3n) is 4.50. The van der Waals surface area contributed by atoms with Gasteiger partial charge in [-0.05, 0) is 30.2 Å². The summed E-state index contributed by atoms with van der Waals surface area (Å²) in [5, 5.41) is 9.58. The number of anilines is 2. The number of halogens is 1. The molecule has 136 valence electrons. The molecule has 0 radical (unpaired) electrons. The predicted molar refractivity (Wildman–Crippen MR) is 99.7 cm³/mol. The molecule has 1 aromatic heterocycles. The molecule has 1 atom stereocenters. The van der Waals surface area contributed by atoms with E-state index in [9.17, 15) is 14.0 Å². The second kappa shape index (κ2) is 6.68. The van der Waals surface area contributed by atoms with Gasteiger partial charge in [-0.15, -0.1) is 0 Å². The number of fused-ring (bicyclic) bond motifs is 1. The predicted octanol–water partition coefficient (Wildman–Crippen LogP) is 3.52. The molecule has 7 heteroatoms. The monoisotopic (exact) mass is 364 g/mol. The van der Waals surface area contributed by atoms with E-state index in [4.69, 9.17) is 0 Å². The van der Waals surface area contributed by atoms with Gasteiger partial charge < -0.3 is 10.6 Å². The van der Waals surface area contributed by atoms with Crippen LogP contribution in [-0.2, 0) is 9.59 Å². The molecule has 3 aromatic rings. The van der Waals surface area contributed by atoms with Gasteiger partial charge in [0.25, 0.3) is 5.91 Å². The summed E-state index contributed by atoms with van der Waals surface area (Å²) >= 11 is 0. The maximum atomic E-state index is 13.9. The molecular weight excluding hydrogens is 347 g/mol. The molecule has 2 N–H and O–H groups in total. The number of nitrogens with one attached hydrogen (secondary N) is 2. The highest BCUT2D eigenvalue weighted by Gasteiger charge is 2.35. The molecule has 4 rings (SSSR count). The van der Waals surface area contributed by atoms with Gasteiger partial charge in [0.05, 0.1) is 18.3 Å². The highest BCUT2D eigenvalue weighted by molar-refractivity contribution is 6.04. The van der Waals surface area contributed by atoms with Crippen molar-refractivity contribution in [3.05, 3.63) is 66.1 Å². The molecule has 2 amide bonds. The van der Waals surface area contributed by atoms with E-state index in [1.165, 1.54) is 16.8 Å². The number of rotatable bonds is 4. The van der Waals surface area contributed by atoms with E-state index >= 15 is 0 Å². The van der Waals surface area contributed by atoms with Gasteiger partial charge >= 0.3 is 0 Å². The summed E-state index contributed by atoms with van der Waals surface area (Å²) in [6.45, 7) is 1.76. The fourth-order valence-electron chi connectivity index (χ4n) is 3.14. The third kappa shape index (κ3) is 3.19. The van der Waals surface area contributed by atoms with Crippen LogP contribution in [0.4, 0.5) is 15.9 Å². The number of nitrogens with zero attached hydrogens (tertiary/aromatic N) is 2. The Kier molecular flexibility index (Phi) is 4.19. The Balaban J connectivity index is 1.53. The Morgan fingerprint density at radius 1 is 1.26 bits per heavy atom. The molecule has 0 saturated carbocycles. The number of hydrogen-bond acceptors (Lipinski definition) is 3. The highest BCUT2D eigenvalue weighted by atomic mass is 19.1. The summed E-state index contributed by atoms with van der Waals surface area (Å²) in [5.74, 6) is -0.715. The van der Waals surface area contributed by atoms with Gasteiger partial charge in [0.2, 0.25) is 5.91 Å². The summed E-state index contributed by atoms with van der Waals surface area (Å²) < 4.78 is 15.4. The molecule has 0 fully saturated rings. The van der Waals surface area contributed by atoms with E-state index in [1.807, 2.05) is 30.3 Å². The van der Waals surface area contributed by atoms with E-state index in [2.05, 4.69) is 15.7 Å². The first-order chi connectivity index (χ1) is 13.0. The van der Waals surface area contributed by atoms with Crippen molar-refractivity contribution in [1.82, 2.24) is 9.78 Å². The van der Waals surface area contributed by atoms with Crippen molar-refractivity contribution >= 4 is 23.3 Å². The maximum Gasteiger partial charge on any atom is 0.251 e. The summed E-state index contributed by atoms with van der Waals surface area (Å²) in [5.41, 5.74) is 2.56. The zero-order valence-electron chi connectivity index (χ0n) is 14.6. The van der Waals surface area contributed by atoms with Gasteiger partial charge in [0, 0.05) is 5.56 Å². The fourth-order valence-corrected chi connectivity index (χ4v) is 3.14. The van der Waals surface area contributed by atoms with Gasteiger partial charge in [-0.3, -0.25) is 9.59 Å². The first-order valence-corrected chi connectivity index (χ1v) is 8.53. The van der Waals surface area contributed by atoms with Gasteiger partial charge in [0.15, 0.2) is 0 Å². The van der Waals surface area contributed by atoms with Crippen molar-refractivity contribution in [2.75, 3.05) is 10.6 Å². The summed E-state index contributed by atoms with van der Waals surface area (Å²) in [6.07, 6.45) is 1.52. The minimum atomic E-state index is -0.772. The average molecular weight is 364 g/mol. The molecule has 1 aliphatic rings. The van der Waals surface area contributed by atoms with Gasteiger partial charge in [-0.2, -0.15) is 5.10 Å². The molecule has 6 nitrogen and oxygen atoms in total. The number of carbonyl (C=O) groups excluding carboxylic acids is 2. The first-order valence-electron chi connectivity index (χ1n) is 8.53. The van der Waals surface area contributed by atoms with Gasteiger partial charge in [-0.1, -0.05) is 36.4 Å². The number of aryl methyl sites for hydroxylation is 1. The fraction of sp³-hybridized carbons (Fsp3) is 0.150. The summed E-state index contributed by atoms with van der Waals surface area (Å²) in [7, 11) is 0. The van der Waals surface area contributed by atoms with Gasteiger partial charge in [0.1, 0.15) is 17.7 Å². The lowest BCUT2D eigenvalue weighted by Crippen LogP contribution is -2.23. The Hall–Kier alpha value is -3.48. The Bertz CT molecular complexity index is 1030. The Morgan fingerprint density at radius 2 is 2.04 bits per heavy atom. The topological polar surface area (TPSA) is 76.0 Å². The SMILES string of the molecule is Cc1ccc(NC(=O)C[C@H]2C(=O)Nc3c(-c4ccccc4)cnn32)c(F)c1. The largest absolute Gasteiger partial charge is 0.324 e. The number of benzene rings is 2. The van der Waals surface area contributed by atoms with Gasteiger partial charge in [-0.25, -0.2) is 9.07 Å². The first kappa shape index (κ1) is 17.0. The third-order valence-corrected chi connectivity index (χ3v) is 4.50. The Labute approximate surface area is 155 Å². The molecule has 2 heterocycles. The molecule has 0 unspecified atom stereocenters. The maximum absolute atomic E-state index is 13.9. The van der Waals surface area contributed by atoms with Crippen LogP contribution >= 0.6 is 0 Å². The summed E-state index contributed by atoms with van der Waals surface area (Å²) in [4.78, 5) is 24.7. The molecule has 0 bridgehead atoms. The highest BCUT2D eigenvalue weighted by Crippen LogP contribution is 2.35. The molecule has 0 spiro atoms. The quantitative estimate of drug-likeness (QED) is 0.744. The van der Waals surface area contributed by atoms with Crippen molar-refractivity contribution in [2.45, 2.75) is 19.4 Å². The van der Waals surface area contributed by atoms with Crippen LogP contribution in [0.25, 0.3) is 11.1 Å².